The molecule has 0 unspecified atom stereocenters. The van der Waals surface area contributed by atoms with Crippen LogP contribution in [-0.4, -0.2) is 9.97 Å². The summed E-state index contributed by atoms with van der Waals surface area (Å²) in [7, 11) is 0. The Bertz CT molecular complexity index is 461. The Labute approximate surface area is 83.3 Å². The molecule has 0 radical (unpaired) electrons. The third kappa shape index (κ3) is 1.79. The number of allylic oxidation sites excluding steroid dienone is 1. The second-order valence-electron chi connectivity index (χ2n) is 3.15. The maximum Gasteiger partial charge on any atom is 0.0733 e. The minimum absolute atomic E-state index is 0.994. The van der Waals surface area contributed by atoms with Gasteiger partial charge in [-0.2, -0.15) is 0 Å². The van der Waals surface area contributed by atoms with E-state index in [-0.39, 0.29) is 0 Å². The van der Waals surface area contributed by atoms with Crippen LogP contribution < -0.4 is 0 Å². The molecule has 0 spiro atoms. The molecule has 2 rings (SSSR count). The van der Waals surface area contributed by atoms with E-state index in [0.29, 0.717) is 0 Å². The Hall–Kier alpha value is -1.70. The molecule has 70 valence electrons. The van der Waals surface area contributed by atoms with Crippen LogP contribution >= 0.6 is 0 Å². The molecule has 0 bridgehead atoms. The highest BCUT2D eigenvalue weighted by atomic mass is 14.7. The summed E-state index contributed by atoms with van der Waals surface area (Å²) in [6.45, 7) is 2.12. The van der Waals surface area contributed by atoms with Gasteiger partial charge >= 0.3 is 0 Å². The first-order chi connectivity index (χ1) is 6.90. The molecule has 0 amide bonds. The molecule has 0 aliphatic rings. The van der Waals surface area contributed by atoms with Crippen molar-refractivity contribution in [2.24, 2.45) is 0 Å². The zero-order chi connectivity index (χ0) is 9.80. The smallest absolute Gasteiger partial charge is 0.0733 e. The van der Waals surface area contributed by atoms with Gasteiger partial charge in [-0.05, 0) is 24.1 Å². The highest BCUT2D eigenvalue weighted by molar-refractivity contribution is 5.79. The lowest BCUT2D eigenvalue weighted by Crippen LogP contribution is -1.81. The first-order valence-electron chi connectivity index (χ1n) is 4.76. The van der Waals surface area contributed by atoms with Gasteiger partial charge in [0.25, 0.3) is 0 Å². The molecule has 0 saturated carbocycles. The molecule has 0 aromatic carbocycles. The van der Waals surface area contributed by atoms with Crippen molar-refractivity contribution in [3.63, 3.8) is 0 Å². The number of hydrogen-bond donors (Lipinski definition) is 0. The summed E-state index contributed by atoms with van der Waals surface area (Å²) in [5.41, 5.74) is 2.13. The minimum Gasteiger partial charge on any atom is -0.264 e. The van der Waals surface area contributed by atoms with Gasteiger partial charge in [-0.15, -0.1) is 0 Å². The standard InChI is InChI=1S/C12H12N2/c1-2-3-4-10-7-11-9-13-6-5-12(11)14-8-10/h3-9H,2H2,1H3/b4-3+. The Morgan fingerprint density at radius 1 is 1.36 bits per heavy atom. The van der Waals surface area contributed by atoms with Gasteiger partial charge in [-0.25, -0.2) is 0 Å². The van der Waals surface area contributed by atoms with Crippen LogP contribution in [-0.2, 0) is 0 Å². The quantitative estimate of drug-likeness (QED) is 0.716. The van der Waals surface area contributed by atoms with E-state index < -0.39 is 0 Å². The second kappa shape index (κ2) is 4.01. The van der Waals surface area contributed by atoms with Crippen LogP contribution in [0.5, 0.6) is 0 Å². The molecule has 2 heteroatoms. The highest BCUT2D eigenvalue weighted by Crippen LogP contribution is 2.12. The average Bonchev–Trinajstić information content (AvgIpc) is 2.26. The van der Waals surface area contributed by atoms with Crippen molar-refractivity contribution in [3.8, 4) is 0 Å². The summed E-state index contributed by atoms with van der Waals surface area (Å²) in [4.78, 5) is 8.41. The molecular formula is C12H12N2. The van der Waals surface area contributed by atoms with E-state index in [1.54, 1.807) is 6.20 Å². The van der Waals surface area contributed by atoms with Crippen molar-refractivity contribution in [3.05, 3.63) is 42.4 Å². The Balaban J connectivity index is 2.46. The molecule has 2 heterocycles. The molecule has 0 fully saturated rings. The third-order valence-electron chi connectivity index (χ3n) is 2.05. The molecule has 0 atom stereocenters. The third-order valence-corrected chi connectivity index (χ3v) is 2.05. The molecule has 0 N–H and O–H groups in total. The topological polar surface area (TPSA) is 25.8 Å². The van der Waals surface area contributed by atoms with E-state index in [9.17, 15) is 0 Å². The van der Waals surface area contributed by atoms with Crippen molar-refractivity contribution < 1.29 is 0 Å². The first kappa shape index (κ1) is 8.88. The van der Waals surface area contributed by atoms with Crippen molar-refractivity contribution in [1.29, 1.82) is 0 Å². The van der Waals surface area contributed by atoms with E-state index in [4.69, 9.17) is 0 Å². The molecule has 0 saturated heterocycles. The van der Waals surface area contributed by atoms with Crippen LogP contribution in [0.2, 0.25) is 0 Å². The maximum atomic E-state index is 4.34. The van der Waals surface area contributed by atoms with E-state index >= 15 is 0 Å². The fraction of sp³-hybridized carbons (Fsp3) is 0.167. The van der Waals surface area contributed by atoms with Crippen molar-refractivity contribution in [2.75, 3.05) is 0 Å². The SMILES string of the molecule is CC/C=C/c1cnc2ccncc2c1. The predicted molar refractivity (Wildman–Crippen MR) is 58.9 cm³/mol. The summed E-state index contributed by atoms with van der Waals surface area (Å²) in [5, 5.41) is 1.09. The van der Waals surface area contributed by atoms with E-state index in [0.717, 1.165) is 22.9 Å². The minimum atomic E-state index is 0.994. The van der Waals surface area contributed by atoms with Crippen LogP contribution in [0.25, 0.3) is 17.0 Å². The van der Waals surface area contributed by atoms with Gasteiger partial charge in [-0.3, -0.25) is 9.97 Å². The fourth-order valence-electron chi connectivity index (χ4n) is 1.33. The molecule has 2 aromatic heterocycles. The summed E-state index contributed by atoms with van der Waals surface area (Å²) < 4.78 is 0. The fourth-order valence-corrected chi connectivity index (χ4v) is 1.33. The van der Waals surface area contributed by atoms with Gasteiger partial charge in [-0.1, -0.05) is 19.1 Å². The second-order valence-corrected chi connectivity index (χ2v) is 3.15. The van der Waals surface area contributed by atoms with E-state index in [1.807, 2.05) is 18.5 Å². The summed E-state index contributed by atoms with van der Waals surface area (Å²) in [6.07, 6.45) is 10.7. The molecule has 14 heavy (non-hydrogen) atoms. The lowest BCUT2D eigenvalue weighted by molar-refractivity contribution is 1.23. The van der Waals surface area contributed by atoms with Crippen LogP contribution in [0.15, 0.2) is 36.8 Å². The Kier molecular flexibility index (Phi) is 2.54. The van der Waals surface area contributed by atoms with Crippen molar-refractivity contribution in [2.45, 2.75) is 13.3 Å². The normalized spacial score (nSPS) is 11.2. The van der Waals surface area contributed by atoms with E-state index in [1.165, 1.54) is 0 Å². The van der Waals surface area contributed by atoms with Gasteiger partial charge in [0.05, 0.1) is 5.52 Å². The number of hydrogen-bond acceptors (Lipinski definition) is 2. The summed E-state index contributed by atoms with van der Waals surface area (Å²) >= 11 is 0. The number of pyridine rings is 2. The Morgan fingerprint density at radius 2 is 2.29 bits per heavy atom. The molecule has 2 aromatic rings. The van der Waals surface area contributed by atoms with Crippen LogP contribution in [0.3, 0.4) is 0 Å². The van der Waals surface area contributed by atoms with Crippen LogP contribution in [0.1, 0.15) is 18.9 Å². The lowest BCUT2D eigenvalue weighted by Gasteiger charge is -1.97. The average molecular weight is 184 g/mol. The molecule has 2 nitrogen and oxygen atoms in total. The summed E-state index contributed by atoms with van der Waals surface area (Å²) in [6, 6.07) is 4.02. The van der Waals surface area contributed by atoms with Gasteiger partial charge in [0.15, 0.2) is 0 Å². The largest absolute Gasteiger partial charge is 0.264 e. The molecule has 0 aliphatic heterocycles. The maximum absolute atomic E-state index is 4.34. The number of nitrogens with zero attached hydrogens (tertiary/aromatic N) is 2. The first-order valence-corrected chi connectivity index (χ1v) is 4.76. The van der Waals surface area contributed by atoms with Crippen molar-refractivity contribution >= 4 is 17.0 Å². The van der Waals surface area contributed by atoms with Gasteiger partial charge in [0, 0.05) is 24.0 Å². The van der Waals surface area contributed by atoms with Crippen LogP contribution in [0, 0.1) is 0 Å². The zero-order valence-electron chi connectivity index (χ0n) is 8.14. The molecular weight excluding hydrogens is 172 g/mol. The highest BCUT2D eigenvalue weighted by Gasteiger charge is 1.93. The predicted octanol–water partition coefficient (Wildman–Crippen LogP) is 3.05. The monoisotopic (exact) mass is 184 g/mol. The van der Waals surface area contributed by atoms with Gasteiger partial charge < -0.3 is 0 Å². The van der Waals surface area contributed by atoms with Crippen molar-refractivity contribution in [1.82, 2.24) is 9.97 Å². The van der Waals surface area contributed by atoms with Gasteiger partial charge in [0.1, 0.15) is 0 Å². The number of fused-ring (bicyclic) bond motifs is 1. The lowest BCUT2D eigenvalue weighted by atomic mass is 10.2. The summed E-state index contributed by atoms with van der Waals surface area (Å²) in [5.74, 6) is 0. The zero-order valence-corrected chi connectivity index (χ0v) is 8.14. The van der Waals surface area contributed by atoms with Gasteiger partial charge in [0.2, 0.25) is 0 Å². The Morgan fingerprint density at radius 3 is 3.14 bits per heavy atom. The molecule has 0 aliphatic carbocycles. The van der Waals surface area contributed by atoms with E-state index in [2.05, 4.69) is 35.1 Å². The number of aromatic nitrogens is 2. The number of rotatable bonds is 2. The van der Waals surface area contributed by atoms with Crippen LogP contribution in [0.4, 0.5) is 0 Å².